The summed E-state index contributed by atoms with van der Waals surface area (Å²) in [6.07, 6.45) is 1.48. The van der Waals surface area contributed by atoms with Gasteiger partial charge in [-0.3, -0.25) is 4.79 Å². The topological polar surface area (TPSA) is 82.0 Å². The molecule has 0 spiro atoms. The van der Waals surface area contributed by atoms with Crippen molar-refractivity contribution in [2.24, 2.45) is 5.10 Å². The zero-order valence-electron chi connectivity index (χ0n) is 18.8. The number of hydrogen-bond donors (Lipinski definition) is 1. The van der Waals surface area contributed by atoms with Crippen LogP contribution in [0, 0.1) is 0 Å². The van der Waals surface area contributed by atoms with E-state index in [1.807, 2.05) is 42.5 Å². The number of para-hydroxylation sites is 1. The standard InChI is InChI=1S/C26H22ClN3O4/c1-32-23-14-25(34-3)24(33-2)12-16(23)15-28-30-26(31)19-13-22(18-9-4-6-10-20(18)27)29-21-11-7-5-8-17(19)21/h4-15H,1-3H3,(H,30,31)/b28-15+. The summed E-state index contributed by atoms with van der Waals surface area (Å²) in [6.45, 7) is 0. The Kier molecular flexibility index (Phi) is 6.94. The number of nitrogens with one attached hydrogen (secondary N) is 1. The predicted molar refractivity (Wildman–Crippen MR) is 133 cm³/mol. The average molecular weight is 476 g/mol. The third-order valence-electron chi connectivity index (χ3n) is 5.22. The molecule has 0 saturated heterocycles. The molecule has 0 fully saturated rings. The molecule has 0 unspecified atom stereocenters. The SMILES string of the molecule is COc1cc(OC)c(OC)cc1/C=N/NC(=O)c1cc(-c2ccccc2Cl)nc2ccccc12. The second kappa shape index (κ2) is 10.2. The molecule has 0 saturated carbocycles. The lowest BCUT2D eigenvalue weighted by atomic mass is 10.0. The quantitative estimate of drug-likeness (QED) is 0.288. The molecule has 7 nitrogen and oxygen atoms in total. The van der Waals surface area contributed by atoms with Crippen molar-refractivity contribution in [1.29, 1.82) is 0 Å². The van der Waals surface area contributed by atoms with Crippen LogP contribution < -0.4 is 19.6 Å². The van der Waals surface area contributed by atoms with Crippen LogP contribution in [0.3, 0.4) is 0 Å². The molecule has 172 valence electrons. The van der Waals surface area contributed by atoms with E-state index in [4.69, 9.17) is 30.8 Å². The van der Waals surface area contributed by atoms with Gasteiger partial charge in [-0.1, -0.05) is 48.0 Å². The number of benzene rings is 3. The third-order valence-corrected chi connectivity index (χ3v) is 5.55. The fourth-order valence-electron chi connectivity index (χ4n) is 3.54. The average Bonchev–Trinajstić information content (AvgIpc) is 2.87. The molecule has 0 bridgehead atoms. The number of methoxy groups -OCH3 is 3. The van der Waals surface area contributed by atoms with E-state index >= 15 is 0 Å². The molecule has 3 aromatic carbocycles. The van der Waals surface area contributed by atoms with Crippen LogP contribution in [0.1, 0.15) is 15.9 Å². The van der Waals surface area contributed by atoms with Crippen LogP contribution in [0.15, 0.2) is 71.8 Å². The van der Waals surface area contributed by atoms with Gasteiger partial charge in [0.05, 0.1) is 44.3 Å². The Balaban J connectivity index is 1.68. The normalized spacial score (nSPS) is 10.9. The maximum absolute atomic E-state index is 13.1. The van der Waals surface area contributed by atoms with Gasteiger partial charge in [0, 0.05) is 27.6 Å². The first-order chi connectivity index (χ1) is 16.5. The van der Waals surface area contributed by atoms with Gasteiger partial charge in [0.1, 0.15) is 5.75 Å². The number of fused-ring (bicyclic) bond motifs is 1. The molecular weight excluding hydrogens is 454 g/mol. The van der Waals surface area contributed by atoms with E-state index in [2.05, 4.69) is 10.5 Å². The van der Waals surface area contributed by atoms with Gasteiger partial charge < -0.3 is 14.2 Å². The lowest BCUT2D eigenvalue weighted by Gasteiger charge is -2.12. The summed E-state index contributed by atoms with van der Waals surface area (Å²) in [7, 11) is 4.62. The Morgan fingerprint density at radius 1 is 0.912 bits per heavy atom. The van der Waals surface area contributed by atoms with Gasteiger partial charge in [0.25, 0.3) is 5.91 Å². The highest BCUT2D eigenvalue weighted by atomic mass is 35.5. The Hall–Kier alpha value is -4.10. The van der Waals surface area contributed by atoms with E-state index in [1.54, 1.807) is 31.4 Å². The Morgan fingerprint density at radius 3 is 2.32 bits per heavy atom. The largest absolute Gasteiger partial charge is 0.496 e. The first kappa shape index (κ1) is 23.1. The van der Waals surface area contributed by atoms with Crippen LogP contribution >= 0.6 is 11.6 Å². The lowest BCUT2D eigenvalue weighted by Crippen LogP contribution is -2.18. The molecule has 4 rings (SSSR count). The molecule has 4 aromatic rings. The number of amides is 1. The zero-order valence-corrected chi connectivity index (χ0v) is 19.6. The van der Waals surface area contributed by atoms with Crippen LogP contribution in [0.2, 0.25) is 5.02 Å². The number of hydrogen-bond acceptors (Lipinski definition) is 6. The van der Waals surface area contributed by atoms with Gasteiger partial charge in [-0.05, 0) is 24.3 Å². The smallest absolute Gasteiger partial charge is 0.272 e. The summed E-state index contributed by atoms with van der Waals surface area (Å²) in [5, 5.41) is 5.39. The summed E-state index contributed by atoms with van der Waals surface area (Å²) in [5.74, 6) is 1.17. The molecule has 0 radical (unpaired) electrons. The molecule has 34 heavy (non-hydrogen) atoms. The highest BCUT2D eigenvalue weighted by Crippen LogP contribution is 2.34. The van der Waals surface area contributed by atoms with Crippen molar-refractivity contribution >= 4 is 34.6 Å². The van der Waals surface area contributed by atoms with Crippen molar-refractivity contribution in [3.8, 4) is 28.5 Å². The maximum Gasteiger partial charge on any atom is 0.272 e. The fourth-order valence-corrected chi connectivity index (χ4v) is 3.78. The number of aromatic nitrogens is 1. The molecule has 1 N–H and O–H groups in total. The number of rotatable bonds is 7. The number of hydrazone groups is 1. The minimum atomic E-state index is -0.386. The number of nitrogens with zero attached hydrogens (tertiary/aromatic N) is 2. The van der Waals surface area contributed by atoms with Gasteiger partial charge in [0.2, 0.25) is 0 Å². The summed E-state index contributed by atoms with van der Waals surface area (Å²) < 4.78 is 16.0. The minimum absolute atomic E-state index is 0.386. The van der Waals surface area contributed by atoms with Crippen LogP contribution in [0.25, 0.3) is 22.2 Å². The van der Waals surface area contributed by atoms with Crippen molar-refractivity contribution in [3.05, 3.63) is 82.9 Å². The minimum Gasteiger partial charge on any atom is -0.496 e. The molecule has 8 heteroatoms. The van der Waals surface area contributed by atoms with E-state index in [9.17, 15) is 4.79 Å². The van der Waals surface area contributed by atoms with Crippen LogP contribution in [0.4, 0.5) is 0 Å². The van der Waals surface area contributed by atoms with E-state index in [0.29, 0.717) is 50.0 Å². The summed E-state index contributed by atoms with van der Waals surface area (Å²) in [4.78, 5) is 17.8. The predicted octanol–water partition coefficient (Wildman–Crippen LogP) is 5.34. The maximum atomic E-state index is 13.1. The number of halogens is 1. The number of ether oxygens (including phenoxy) is 3. The molecule has 0 aliphatic carbocycles. The van der Waals surface area contributed by atoms with Crippen molar-refractivity contribution < 1.29 is 19.0 Å². The zero-order chi connectivity index (χ0) is 24.1. The first-order valence-electron chi connectivity index (χ1n) is 10.3. The third kappa shape index (κ3) is 4.65. The number of carbonyl (C=O) groups excluding carboxylic acids is 1. The molecule has 1 amide bonds. The summed E-state index contributed by atoms with van der Waals surface area (Å²) >= 11 is 6.37. The van der Waals surface area contributed by atoms with Gasteiger partial charge in [-0.15, -0.1) is 0 Å². The van der Waals surface area contributed by atoms with Crippen molar-refractivity contribution in [2.75, 3.05) is 21.3 Å². The van der Waals surface area contributed by atoms with Crippen LogP contribution in [0.5, 0.6) is 17.2 Å². The fraction of sp³-hybridized carbons (Fsp3) is 0.115. The molecular formula is C26H22ClN3O4. The molecule has 0 aliphatic heterocycles. The molecule has 0 atom stereocenters. The molecule has 1 aromatic heterocycles. The number of pyridine rings is 1. The number of carbonyl (C=O) groups is 1. The monoisotopic (exact) mass is 475 g/mol. The van der Waals surface area contributed by atoms with Crippen molar-refractivity contribution in [1.82, 2.24) is 10.4 Å². The summed E-state index contributed by atoms with van der Waals surface area (Å²) in [5.41, 5.74) is 5.64. The second-order valence-electron chi connectivity index (χ2n) is 7.20. The van der Waals surface area contributed by atoms with E-state index in [1.165, 1.54) is 20.4 Å². The van der Waals surface area contributed by atoms with Crippen molar-refractivity contribution in [3.63, 3.8) is 0 Å². The Morgan fingerprint density at radius 2 is 1.59 bits per heavy atom. The highest BCUT2D eigenvalue weighted by Gasteiger charge is 2.15. The van der Waals surface area contributed by atoms with Gasteiger partial charge in [0.15, 0.2) is 11.5 Å². The van der Waals surface area contributed by atoms with E-state index in [-0.39, 0.29) is 5.91 Å². The highest BCUT2D eigenvalue weighted by molar-refractivity contribution is 6.33. The van der Waals surface area contributed by atoms with Crippen LogP contribution in [-0.2, 0) is 0 Å². The van der Waals surface area contributed by atoms with Gasteiger partial charge in [-0.2, -0.15) is 5.10 Å². The second-order valence-corrected chi connectivity index (χ2v) is 7.61. The van der Waals surface area contributed by atoms with Gasteiger partial charge in [-0.25, -0.2) is 10.4 Å². The van der Waals surface area contributed by atoms with E-state index in [0.717, 1.165) is 5.56 Å². The van der Waals surface area contributed by atoms with Crippen molar-refractivity contribution in [2.45, 2.75) is 0 Å². The lowest BCUT2D eigenvalue weighted by molar-refractivity contribution is 0.0956. The summed E-state index contributed by atoms with van der Waals surface area (Å²) in [6, 6.07) is 19.9. The van der Waals surface area contributed by atoms with Gasteiger partial charge >= 0.3 is 0 Å². The first-order valence-corrected chi connectivity index (χ1v) is 10.7. The molecule has 0 aliphatic rings. The Labute approximate surface area is 201 Å². The molecule has 1 heterocycles. The van der Waals surface area contributed by atoms with Crippen LogP contribution in [-0.4, -0.2) is 38.4 Å². The Bertz CT molecular complexity index is 1390. The van der Waals surface area contributed by atoms with E-state index < -0.39 is 0 Å².